The smallest absolute Gasteiger partial charge is 0.254 e. The molecule has 1 amide bonds. The van der Waals surface area contributed by atoms with Gasteiger partial charge in [0.05, 0.1) is 0 Å². The predicted octanol–water partition coefficient (Wildman–Crippen LogP) is 4.07. The molecule has 1 aliphatic heterocycles. The van der Waals surface area contributed by atoms with E-state index in [2.05, 4.69) is 6.92 Å². The Bertz CT molecular complexity index is 688. The Labute approximate surface area is 128 Å². The lowest BCUT2D eigenvalue weighted by Gasteiger charge is -2.34. The monoisotopic (exact) mass is 305 g/mol. The Balaban J connectivity index is 1.97. The summed E-state index contributed by atoms with van der Waals surface area (Å²) >= 11 is 6.21. The first-order valence-corrected chi connectivity index (χ1v) is 7.62. The lowest BCUT2D eigenvalue weighted by Crippen LogP contribution is -2.43. The lowest BCUT2D eigenvalue weighted by molar-refractivity contribution is 0.0689. The Morgan fingerprint density at radius 2 is 1.95 bits per heavy atom. The number of amides is 1. The van der Waals surface area contributed by atoms with Crippen LogP contribution in [0.5, 0.6) is 0 Å². The zero-order valence-corrected chi connectivity index (χ0v) is 12.6. The molecule has 0 aromatic heterocycles. The number of likely N-dealkylation sites (tertiary alicyclic amines) is 1. The van der Waals surface area contributed by atoms with Gasteiger partial charge < -0.3 is 4.90 Å². The molecule has 0 spiro atoms. The van der Waals surface area contributed by atoms with Gasteiger partial charge in [-0.25, -0.2) is 4.39 Å². The molecule has 2 aromatic carbocycles. The van der Waals surface area contributed by atoms with Crippen LogP contribution in [0, 0.1) is 11.7 Å². The average Bonchev–Trinajstić information content (AvgIpc) is 2.50. The van der Waals surface area contributed by atoms with Crippen molar-refractivity contribution in [3.8, 4) is 0 Å². The van der Waals surface area contributed by atoms with E-state index in [9.17, 15) is 9.18 Å². The van der Waals surface area contributed by atoms with Crippen LogP contribution in [0.15, 0.2) is 36.4 Å². The Morgan fingerprint density at radius 1 is 1.24 bits per heavy atom. The molecule has 0 aliphatic carbocycles. The summed E-state index contributed by atoms with van der Waals surface area (Å²) in [5.74, 6) is -0.0623. The minimum atomic E-state index is -0.296. The first-order valence-electron chi connectivity index (χ1n) is 7.18. The number of fused-ring (bicyclic) bond motifs is 1. The van der Waals surface area contributed by atoms with Gasteiger partial charge >= 0.3 is 0 Å². The summed E-state index contributed by atoms with van der Waals surface area (Å²) in [7, 11) is 0. The minimum absolute atomic E-state index is 0.0402. The summed E-state index contributed by atoms with van der Waals surface area (Å²) in [6.45, 7) is 3.36. The van der Waals surface area contributed by atoms with Gasteiger partial charge in [0.2, 0.25) is 0 Å². The molecule has 1 saturated heterocycles. The van der Waals surface area contributed by atoms with E-state index in [1.54, 1.807) is 24.3 Å². The summed E-state index contributed by atoms with van der Waals surface area (Å²) in [6, 6.07) is 10.1. The van der Waals surface area contributed by atoms with E-state index in [-0.39, 0.29) is 23.0 Å². The van der Waals surface area contributed by atoms with Gasteiger partial charge in [0.15, 0.2) is 0 Å². The van der Waals surface area contributed by atoms with E-state index in [1.807, 2.05) is 11.0 Å². The third-order valence-electron chi connectivity index (χ3n) is 4.19. The van der Waals surface area contributed by atoms with Gasteiger partial charge in [0, 0.05) is 29.4 Å². The Kier molecular flexibility index (Phi) is 3.85. The Morgan fingerprint density at radius 3 is 2.67 bits per heavy atom. The molecule has 21 heavy (non-hydrogen) atoms. The van der Waals surface area contributed by atoms with Crippen LogP contribution < -0.4 is 0 Å². The lowest BCUT2D eigenvalue weighted by atomic mass is 9.97. The maximum absolute atomic E-state index is 13.8. The molecule has 0 N–H and O–H groups in total. The number of hydrogen-bond donors (Lipinski definition) is 0. The fourth-order valence-corrected chi connectivity index (χ4v) is 3.10. The maximum Gasteiger partial charge on any atom is 0.254 e. The van der Waals surface area contributed by atoms with Crippen molar-refractivity contribution in [1.82, 2.24) is 4.90 Å². The van der Waals surface area contributed by atoms with Crippen molar-refractivity contribution in [3.63, 3.8) is 0 Å². The highest BCUT2D eigenvalue weighted by Crippen LogP contribution is 2.26. The van der Waals surface area contributed by atoms with Gasteiger partial charge in [-0.1, -0.05) is 31.2 Å². The van der Waals surface area contributed by atoms with E-state index < -0.39 is 0 Å². The van der Waals surface area contributed by atoms with E-state index in [4.69, 9.17) is 11.6 Å². The van der Waals surface area contributed by atoms with Crippen molar-refractivity contribution in [2.75, 3.05) is 13.1 Å². The number of alkyl halides is 1. The number of carbonyl (C=O) groups excluding carboxylic acids is 1. The van der Waals surface area contributed by atoms with Gasteiger partial charge in [-0.3, -0.25) is 4.79 Å². The molecule has 0 bridgehead atoms. The normalized spacial score (nSPS) is 22.5. The largest absolute Gasteiger partial charge is 0.338 e. The number of rotatable bonds is 1. The fraction of sp³-hybridized carbons (Fsp3) is 0.353. The molecule has 1 fully saturated rings. The summed E-state index contributed by atoms with van der Waals surface area (Å²) in [5.41, 5.74) is 0.562. The molecule has 2 aromatic rings. The zero-order valence-electron chi connectivity index (χ0n) is 11.9. The van der Waals surface area contributed by atoms with Gasteiger partial charge in [-0.2, -0.15) is 0 Å². The summed E-state index contributed by atoms with van der Waals surface area (Å²) in [4.78, 5) is 14.6. The third kappa shape index (κ3) is 2.62. The number of benzene rings is 2. The second-order valence-electron chi connectivity index (χ2n) is 5.67. The molecule has 2 nitrogen and oxygen atoms in total. The first-order chi connectivity index (χ1) is 10.1. The molecule has 2 atom stereocenters. The van der Waals surface area contributed by atoms with Crippen LogP contribution in [-0.4, -0.2) is 29.3 Å². The van der Waals surface area contributed by atoms with Gasteiger partial charge in [0.25, 0.3) is 5.91 Å². The number of hydrogen-bond acceptors (Lipinski definition) is 1. The van der Waals surface area contributed by atoms with Crippen LogP contribution in [0.1, 0.15) is 23.7 Å². The minimum Gasteiger partial charge on any atom is -0.338 e. The van der Waals surface area contributed by atoms with Gasteiger partial charge in [-0.05, 0) is 29.9 Å². The quantitative estimate of drug-likeness (QED) is 0.727. The van der Waals surface area contributed by atoms with Crippen LogP contribution in [0.25, 0.3) is 10.8 Å². The van der Waals surface area contributed by atoms with Crippen molar-refractivity contribution in [2.45, 2.75) is 18.7 Å². The number of halogens is 2. The highest BCUT2D eigenvalue weighted by molar-refractivity contribution is 6.21. The third-order valence-corrected chi connectivity index (χ3v) is 4.84. The average molecular weight is 306 g/mol. The van der Waals surface area contributed by atoms with Crippen molar-refractivity contribution >= 4 is 28.3 Å². The van der Waals surface area contributed by atoms with E-state index in [0.717, 1.165) is 6.42 Å². The van der Waals surface area contributed by atoms with Crippen LogP contribution in [0.2, 0.25) is 0 Å². The second kappa shape index (κ2) is 5.64. The highest BCUT2D eigenvalue weighted by atomic mass is 35.5. The van der Waals surface area contributed by atoms with E-state index in [0.29, 0.717) is 29.4 Å². The molecule has 0 radical (unpaired) electrons. The summed E-state index contributed by atoms with van der Waals surface area (Å²) < 4.78 is 13.8. The number of carbonyl (C=O) groups is 1. The first kappa shape index (κ1) is 14.3. The molecular formula is C17H17ClFNO. The molecule has 110 valence electrons. The molecule has 1 heterocycles. The predicted molar refractivity (Wildman–Crippen MR) is 83.2 cm³/mol. The van der Waals surface area contributed by atoms with Gasteiger partial charge in [0.1, 0.15) is 5.82 Å². The molecule has 0 saturated carbocycles. The van der Waals surface area contributed by atoms with E-state index in [1.165, 1.54) is 6.07 Å². The van der Waals surface area contributed by atoms with Gasteiger partial charge in [-0.15, -0.1) is 11.6 Å². The molecule has 1 aliphatic rings. The maximum atomic E-state index is 13.8. The van der Waals surface area contributed by atoms with Crippen LogP contribution in [0.4, 0.5) is 4.39 Å². The molecule has 3 rings (SSSR count). The zero-order chi connectivity index (χ0) is 15.0. The molecular weight excluding hydrogens is 289 g/mol. The topological polar surface area (TPSA) is 20.3 Å². The summed E-state index contributed by atoms with van der Waals surface area (Å²) in [6.07, 6.45) is 0.799. The number of nitrogens with zero attached hydrogens (tertiary/aromatic N) is 1. The fourth-order valence-electron chi connectivity index (χ4n) is 2.92. The molecule has 4 heteroatoms. The van der Waals surface area contributed by atoms with E-state index >= 15 is 0 Å². The van der Waals surface area contributed by atoms with Crippen molar-refractivity contribution in [3.05, 3.63) is 47.8 Å². The van der Waals surface area contributed by atoms with Crippen LogP contribution in [0.3, 0.4) is 0 Å². The standard InChI is InChI=1S/C17H17ClFNO/c1-11-10-20(9-8-15(11)18)17(21)14-6-7-16(19)13-5-3-2-4-12(13)14/h2-7,11,15H,8-10H2,1H3. The Hall–Kier alpha value is -1.61. The SMILES string of the molecule is CC1CN(C(=O)c2ccc(F)c3ccccc23)CCC1Cl. The van der Waals surface area contributed by atoms with Crippen LogP contribution >= 0.6 is 11.6 Å². The van der Waals surface area contributed by atoms with Crippen molar-refractivity contribution < 1.29 is 9.18 Å². The second-order valence-corrected chi connectivity index (χ2v) is 6.23. The summed E-state index contributed by atoms with van der Waals surface area (Å²) in [5, 5.41) is 1.28. The highest BCUT2D eigenvalue weighted by Gasteiger charge is 2.28. The molecule has 2 unspecified atom stereocenters. The number of piperidine rings is 1. The van der Waals surface area contributed by atoms with Crippen LogP contribution in [-0.2, 0) is 0 Å². The van der Waals surface area contributed by atoms with Crippen molar-refractivity contribution in [2.24, 2.45) is 5.92 Å². The van der Waals surface area contributed by atoms with Crippen molar-refractivity contribution in [1.29, 1.82) is 0 Å².